The quantitative estimate of drug-likeness (QED) is 0.588. The molecule has 8 heteroatoms. The highest BCUT2D eigenvalue weighted by Gasteiger charge is 2.25. The van der Waals surface area contributed by atoms with Gasteiger partial charge in [0.25, 0.3) is 0 Å². The van der Waals surface area contributed by atoms with Crippen LogP contribution in [-0.2, 0) is 21.2 Å². The molecule has 7 nitrogen and oxygen atoms in total. The molecule has 0 bridgehead atoms. The van der Waals surface area contributed by atoms with Crippen molar-refractivity contribution in [2.75, 3.05) is 33.4 Å². The van der Waals surface area contributed by atoms with Gasteiger partial charge in [0.1, 0.15) is 11.5 Å². The summed E-state index contributed by atoms with van der Waals surface area (Å²) in [5.74, 6) is 1.09. The summed E-state index contributed by atoms with van der Waals surface area (Å²) in [4.78, 5) is 12.5. The Hall–Kier alpha value is -2.58. The maximum Gasteiger partial charge on any atom is 0.243 e. The second-order valence-electron chi connectivity index (χ2n) is 6.74. The molecule has 1 N–H and O–H groups in total. The van der Waals surface area contributed by atoms with Gasteiger partial charge in [-0.15, -0.1) is 0 Å². The van der Waals surface area contributed by atoms with Crippen LogP contribution in [0, 0.1) is 6.92 Å². The number of likely N-dealkylation sites (N-methyl/N-ethyl adjacent to an activating group) is 1. The molecular formula is C22H30N2O5S. The van der Waals surface area contributed by atoms with Crippen LogP contribution in [0.15, 0.2) is 47.4 Å². The summed E-state index contributed by atoms with van der Waals surface area (Å²) >= 11 is 0. The van der Waals surface area contributed by atoms with Crippen molar-refractivity contribution in [3.8, 4) is 11.5 Å². The molecule has 0 saturated heterocycles. The number of hydrogen-bond donors (Lipinski definition) is 1. The highest BCUT2D eigenvalue weighted by molar-refractivity contribution is 7.89. The Morgan fingerprint density at radius 3 is 2.37 bits per heavy atom. The Morgan fingerprint density at radius 1 is 1.10 bits per heavy atom. The van der Waals surface area contributed by atoms with E-state index in [9.17, 15) is 13.2 Å². The second kappa shape index (κ2) is 11.0. The Labute approximate surface area is 179 Å². The van der Waals surface area contributed by atoms with Crippen LogP contribution >= 0.6 is 0 Å². The largest absolute Gasteiger partial charge is 0.497 e. The summed E-state index contributed by atoms with van der Waals surface area (Å²) in [6.45, 7) is 6.27. The molecule has 2 aromatic carbocycles. The van der Waals surface area contributed by atoms with Crippen LogP contribution < -0.4 is 14.8 Å². The summed E-state index contributed by atoms with van der Waals surface area (Å²) in [5, 5.41) is 2.79. The Morgan fingerprint density at radius 2 is 1.80 bits per heavy atom. The van der Waals surface area contributed by atoms with Gasteiger partial charge in [-0.1, -0.05) is 19.1 Å². The minimum atomic E-state index is -3.78. The lowest BCUT2D eigenvalue weighted by Crippen LogP contribution is -2.41. The summed E-state index contributed by atoms with van der Waals surface area (Å²) in [6, 6.07) is 12.3. The molecule has 164 valence electrons. The van der Waals surface area contributed by atoms with Crippen LogP contribution in [0.3, 0.4) is 0 Å². The molecule has 2 rings (SSSR count). The molecule has 0 saturated carbocycles. The van der Waals surface area contributed by atoms with Gasteiger partial charge in [0.2, 0.25) is 15.9 Å². The lowest BCUT2D eigenvalue weighted by Gasteiger charge is -2.20. The zero-order valence-electron chi connectivity index (χ0n) is 18.0. The number of sulfonamides is 1. The minimum Gasteiger partial charge on any atom is -0.497 e. The normalized spacial score (nSPS) is 11.4. The van der Waals surface area contributed by atoms with E-state index in [4.69, 9.17) is 9.47 Å². The van der Waals surface area contributed by atoms with Crippen LogP contribution in [0.1, 0.15) is 25.0 Å². The maximum absolute atomic E-state index is 13.0. The fourth-order valence-corrected chi connectivity index (χ4v) is 4.46. The van der Waals surface area contributed by atoms with Crippen molar-refractivity contribution in [2.45, 2.75) is 32.1 Å². The Kier molecular flexibility index (Phi) is 8.68. The minimum absolute atomic E-state index is 0.149. The number of ether oxygens (including phenoxy) is 2. The number of hydrogen-bond acceptors (Lipinski definition) is 5. The molecule has 0 aromatic heterocycles. The Bertz CT molecular complexity index is 943. The van der Waals surface area contributed by atoms with E-state index in [1.807, 2.05) is 31.2 Å². The average molecular weight is 435 g/mol. The molecule has 2 aromatic rings. The summed E-state index contributed by atoms with van der Waals surface area (Å²) in [5.41, 5.74) is 1.79. The number of amides is 1. The van der Waals surface area contributed by atoms with Gasteiger partial charge in [-0.2, -0.15) is 4.31 Å². The maximum atomic E-state index is 13.0. The first-order valence-electron chi connectivity index (χ1n) is 9.95. The van der Waals surface area contributed by atoms with Gasteiger partial charge in [0, 0.05) is 13.1 Å². The van der Waals surface area contributed by atoms with E-state index in [0.717, 1.165) is 16.9 Å². The van der Waals surface area contributed by atoms with Gasteiger partial charge in [0.05, 0.1) is 25.2 Å². The number of nitrogens with zero attached hydrogens (tertiary/aromatic N) is 1. The molecule has 30 heavy (non-hydrogen) atoms. The van der Waals surface area contributed by atoms with Crippen LogP contribution in [0.4, 0.5) is 0 Å². The fourth-order valence-electron chi connectivity index (χ4n) is 2.97. The number of nitrogens with one attached hydrogen (secondary N) is 1. The first-order chi connectivity index (χ1) is 14.3. The molecule has 0 spiro atoms. The van der Waals surface area contributed by atoms with E-state index in [1.165, 1.54) is 10.4 Å². The number of rotatable bonds is 11. The number of carbonyl (C=O) groups excluding carboxylic acids is 1. The number of benzene rings is 2. The zero-order chi connectivity index (χ0) is 22.1. The topological polar surface area (TPSA) is 84.9 Å². The smallest absolute Gasteiger partial charge is 0.243 e. The molecule has 0 aliphatic rings. The Balaban J connectivity index is 1.97. The highest BCUT2D eigenvalue weighted by Crippen LogP contribution is 2.24. The predicted molar refractivity (Wildman–Crippen MR) is 116 cm³/mol. The molecule has 0 aliphatic heterocycles. The van der Waals surface area contributed by atoms with Crippen molar-refractivity contribution in [1.29, 1.82) is 0 Å². The van der Waals surface area contributed by atoms with Crippen LogP contribution in [0.25, 0.3) is 0 Å². The number of carbonyl (C=O) groups is 1. The first-order valence-corrected chi connectivity index (χ1v) is 11.4. The van der Waals surface area contributed by atoms with Crippen molar-refractivity contribution < 1.29 is 22.7 Å². The molecule has 0 atom stereocenters. The standard InChI is InChI=1S/C22H30N2O5S/c1-5-24(30(26,27)20-11-12-21(29-6-2)17(3)15-20)16-22(25)23-14-13-18-7-9-19(28-4)10-8-18/h7-12,15H,5-6,13-14,16H2,1-4H3,(H,23,25). The van der Waals surface area contributed by atoms with Gasteiger partial charge < -0.3 is 14.8 Å². The molecule has 0 unspecified atom stereocenters. The fraction of sp³-hybridized carbons (Fsp3) is 0.409. The van der Waals surface area contributed by atoms with Crippen LogP contribution in [0.5, 0.6) is 11.5 Å². The third kappa shape index (κ3) is 6.21. The van der Waals surface area contributed by atoms with Crippen LogP contribution in [-0.4, -0.2) is 52.0 Å². The van der Waals surface area contributed by atoms with E-state index >= 15 is 0 Å². The third-order valence-corrected chi connectivity index (χ3v) is 6.57. The molecule has 0 radical (unpaired) electrons. The molecule has 1 amide bonds. The van der Waals surface area contributed by atoms with Gasteiger partial charge in [0.15, 0.2) is 0 Å². The van der Waals surface area contributed by atoms with E-state index in [1.54, 1.807) is 33.1 Å². The van der Waals surface area contributed by atoms with Gasteiger partial charge >= 0.3 is 0 Å². The van der Waals surface area contributed by atoms with Gasteiger partial charge in [-0.25, -0.2) is 8.42 Å². The van der Waals surface area contributed by atoms with Gasteiger partial charge in [-0.3, -0.25) is 4.79 Å². The molecule has 0 fully saturated rings. The van der Waals surface area contributed by atoms with Crippen LogP contribution in [0.2, 0.25) is 0 Å². The zero-order valence-corrected chi connectivity index (χ0v) is 18.8. The third-order valence-electron chi connectivity index (χ3n) is 4.65. The second-order valence-corrected chi connectivity index (χ2v) is 8.68. The lowest BCUT2D eigenvalue weighted by molar-refractivity contribution is -0.121. The summed E-state index contributed by atoms with van der Waals surface area (Å²) < 4.78 is 37.7. The first kappa shape index (κ1) is 23.7. The number of aryl methyl sites for hydroxylation is 1. The summed E-state index contributed by atoms with van der Waals surface area (Å²) in [6.07, 6.45) is 0.646. The highest BCUT2D eigenvalue weighted by atomic mass is 32.2. The van der Waals surface area contributed by atoms with E-state index in [2.05, 4.69) is 5.32 Å². The van der Waals surface area contributed by atoms with Crippen molar-refractivity contribution in [2.24, 2.45) is 0 Å². The monoisotopic (exact) mass is 434 g/mol. The van der Waals surface area contributed by atoms with Gasteiger partial charge in [-0.05, 0) is 61.7 Å². The van der Waals surface area contributed by atoms with Crippen molar-refractivity contribution in [3.63, 3.8) is 0 Å². The lowest BCUT2D eigenvalue weighted by atomic mass is 10.1. The molecule has 0 heterocycles. The molecule has 0 aliphatic carbocycles. The summed E-state index contributed by atoms with van der Waals surface area (Å²) in [7, 11) is -2.17. The van der Waals surface area contributed by atoms with E-state index in [-0.39, 0.29) is 23.9 Å². The number of methoxy groups -OCH3 is 1. The van der Waals surface area contributed by atoms with E-state index < -0.39 is 10.0 Å². The molecular weight excluding hydrogens is 404 g/mol. The average Bonchev–Trinajstić information content (AvgIpc) is 2.73. The van der Waals surface area contributed by atoms with Crippen molar-refractivity contribution in [1.82, 2.24) is 9.62 Å². The van der Waals surface area contributed by atoms with Crippen molar-refractivity contribution >= 4 is 15.9 Å². The van der Waals surface area contributed by atoms with Crippen molar-refractivity contribution in [3.05, 3.63) is 53.6 Å². The van der Waals surface area contributed by atoms with E-state index in [0.29, 0.717) is 25.3 Å². The predicted octanol–water partition coefficient (Wildman–Crippen LogP) is 2.77. The SMILES string of the molecule is CCOc1ccc(S(=O)(=O)N(CC)CC(=O)NCCc2ccc(OC)cc2)cc1C.